The minimum atomic E-state index is -4.91. The lowest BCUT2D eigenvalue weighted by molar-refractivity contribution is -0.274. The molecular weight excluding hydrogens is 341 g/mol. The number of para-hydroxylation sites is 1. The van der Waals surface area contributed by atoms with Crippen LogP contribution in [-0.2, 0) is 0 Å². The minimum Gasteiger partial charge on any atom is -0.467 e. The summed E-state index contributed by atoms with van der Waals surface area (Å²) in [6.45, 7) is 0. The van der Waals surface area contributed by atoms with Gasteiger partial charge in [0.05, 0.1) is 18.9 Å². The maximum atomic E-state index is 12.5. The van der Waals surface area contributed by atoms with Crippen molar-refractivity contribution in [2.75, 3.05) is 31.4 Å². The van der Waals surface area contributed by atoms with Gasteiger partial charge in [0.25, 0.3) is 5.91 Å². The molecule has 1 amide bonds. The van der Waals surface area contributed by atoms with Gasteiger partial charge < -0.3 is 19.7 Å². The van der Waals surface area contributed by atoms with E-state index in [4.69, 9.17) is 4.74 Å². The van der Waals surface area contributed by atoms with E-state index in [2.05, 4.69) is 20.0 Å². The molecule has 0 fully saturated rings. The van der Waals surface area contributed by atoms with Crippen LogP contribution in [0.5, 0.6) is 11.8 Å². The molecule has 0 saturated heterocycles. The third-order valence-electron chi connectivity index (χ3n) is 2.96. The molecule has 2 rings (SSSR count). The molecule has 25 heavy (non-hydrogen) atoms. The van der Waals surface area contributed by atoms with E-state index in [9.17, 15) is 18.0 Å². The highest BCUT2D eigenvalue weighted by atomic mass is 19.4. The highest BCUT2D eigenvalue weighted by Gasteiger charge is 2.33. The number of carbonyl (C=O) groups excluding carboxylic acids is 1. The lowest BCUT2D eigenvalue weighted by Gasteiger charge is -2.17. The Hall–Kier alpha value is -3.04. The molecule has 10 heteroatoms. The summed E-state index contributed by atoms with van der Waals surface area (Å²) in [6.07, 6.45) is -3.61. The number of alkyl halides is 3. The summed E-state index contributed by atoms with van der Waals surface area (Å²) in [5, 5.41) is 2.48. The number of benzene rings is 1. The minimum absolute atomic E-state index is 0.0857. The van der Waals surface area contributed by atoms with Gasteiger partial charge in [-0.25, -0.2) is 4.98 Å². The van der Waals surface area contributed by atoms with E-state index in [1.165, 1.54) is 31.5 Å². The zero-order valence-corrected chi connectivity index (χ0v) is 13.6. The van der Waals surface area contributed by atoms with Gasteiger partial charge in [-0.2, -0.15) is 4.98 Å². The van der Waals surface area contributed by atoms with E-state index >= 15 is 0 Å². The zero-order valence-electron chi connectivity index (χ0n) is 13.6. The second-order valence-corrected chi connectivity index (χ2v) is 4.99. The summed E-state index contributed by atoms with van der Waals surface area (Å²) in [7, 11) is 4.74. The molecule has 0 aliphatic heterocycles. The van der Waals surface area contributed by atoms with Crippen molar-refractivity contribution in [2.24, 2.45) is 0 Å². The second kappa shape index (κ2) is 7.24. The van der Waals surface area contributed by atoms with Gasteiger partial charge in [-0.3, -0.25) is 4.79 Å². The second-order valence-electron chi connectivity index (χ2n) is 4.99. The molecule has 1 N–H and O–H groups in total. The fraction of sp³-hybridized carbons (Fsp3) is 0.267. The Balaban J connectivity index is 2.32. The summed E-state index contributed by atoms with van der Waals surface area (Å²) >= 11 is 0. The summed E-state index contributed by atoms with van der Waals surface area (Å²) in [4.78, 5) is 22.0. The van der Waals surface area contributed by atoms with Crippen LogP contribution in [0.15, 0.2) is 30.5 Å². The van der Waals surface area contributed by atoms with Gasteiger partial charge in [0, 0.05) is 14.1 Å². The number of nitrogens with one attached hydrogen (secondary N) is 1. The molecule has 0 atom stereocenters. The smallest absolute Gasteiger partial charge is 0.467 e. The van der Waals surface area contributed by atoms with Crippen LogP contribution in [0, 0.1) is 0 Å². The Morgan fingerprint density at radius 1 is 1.24 bits per heavy atom. The third kappa shape index (κ3) is 4.72. The van der Waals surface area contributed by atoms with Crippen LogP contribution in [0.4, 0.5) is 24.7 Å². The van der Waals surface area contributed by atoms with Gasteiger partial charge in [-0.1, -0.05) is 12.1 Å². The number of hydrogen-bond acceptors (Lipinski definition) is 6. The molecule has 134 valence electrons. The highest BCUT2D eigenvalue weighted by molar-refractivity contribution is 6.07. The van der Waals surface area contributed by atoms with Gasteiger partial charge >= 0.3 is 12.4 Å². The van der Waals surface area contributed by atoms with Crippen LogP contribution in [0.2, 0.25) is 0 Å². The van der Waals surface area contributed by atoms with Gasteiger partial charge in [0.2, 0.25) is 0 Å². The number of halogens is 3. The molecule has 0 unspecified atom stereocenters. The molecule has 1 heterocycles. The third-order valence-corrected chi connectivity index (χ3v) is 2.96. The Morgan fingerprint density at radius 2 is 1.92 bits per heavy atom. The Kier molecular flexibility index (Phi) is 5.30. The summed E-state index contributed by atoms with van der Waals surface area (Å²) in [5.41, 5.74) is -0.0713. The molecule has 7 nitrogen and oxygen atoms in total. The van der Waals surface area contributed by atoms with E-state index in [-0.39, 0.29) is 17.3 Å². The van der Waals surface area contributed by atoms with Crippen LogP contribution in [0.1, 0.15) is 10.4 Å². The topological polar surface area (TPSA) is 76.6 Å². The van der Waals surface area contributed by atoms with E-state index in [0.29, 0.717) is 5.82 Å². The number of carbonyl (C=O) groups is 1. The number of methoxy groups -OCH3 is 1. The van der Waals surface area contributed by atoms with E-state index in [0.717, 1.165) is 6.07 Å². The van der Waals surface area contributed by atoms with Crippen LogP contribution in [0.3, 0.4) is 0 Å². The predicted octanol–water partition coefficient (Wildman–Crippen LogP) is 2.70. The van der Waals surface area contributed by atoms with Gasteiger partial charge in [0.15, 0.2) is 5.82 Å². The largest absolute Gasteiger partial charge is 0.573 e. The molecule has 1 aromatic heterocycles. The fourth-order valence-electron chi connectivity index (χ4n) is 1.94. The zero-order chi connectivity index (χ0) is 18.6. The van der Waals surface area contributed by atoms with Crippen molar-refractivity contribution in [3.8, 4) is 11.8 Å². The van der Waals surface area contributed by atoms with Gasteiger partial charge in [0.1, 0.15) is 11.4 Å². The van der Waals surface area contributed by atoms with E-state index in [1.54, 1.807) is 19.0 Å². The first-order valence-corrected chi connectivity index (χ1v) is 6.95. The normalized spacial score (nSPS) is 11.0. The van der Waals surface area contributed by atoms with Crippen LogP contribution < -0.4 is 19.7 Å². The van der Waals surface area contributed by atoms with E-state index in [1.807, 2.05) is 0 Å². The number of anilines is 2. The number of aromatic nitrogens is 2. The molecule has 0 radical (unpaired) electrons. The summed E-state index contributed by atoms with van der Waals surface area (Å²) in [5.74, 6) is -1.07. The van der Waals surface area contributed by atoms with Crippen molar-refractivity contribution in [3.05, 3.63) is 36.0 Å². The number of rotatable bonds is 5. The lowest BCUT2D eigenvalue weighted by atomic mass is 10.2. The SMILES string of the molecule is COc1ncc(NC(=O)c2ccccc2OC(F)(F)F)c(N(C)C)n1. The molecular formula is C15H15F3N4O3. The first-order valence-electron chi connectivity index (χ1n) is 6.95. The number of amides is 1. The van der Waals surface area contributed by atoms with E-state index < -0.39 is 18.0 Å². The van der Waals surface area contributed by atoms with Crippen LogP contribution in [-0.4, -0.2) is 43.4 Å². The standard InChI is InChI=1S/C15H15F3N4O3/c1-22(2)12-10(8-19-14(21-12)24-3)20-13(23)9-6-4-5-7-11(9)25-15(16,17)18/h4-8H,1-3H3,(H,20,23). The van der Waals surface area contributed by atoms with Crippen LogP contribution >= 0.6 is 0 Å². The average Bonchev–Trinajstić information content (AvgIpc) is 2.54. The number of hydrogen-bond donors (Lipinski definition) is 1. The number of nitrogens with zero attached hydrogens (tertiary/aromatic N) is 3. The Bertz CT molecular complexity index is 766. The Labute approximate surface area is 141 Å². The molecule has 0 saturated carbocycles. The summed E-state index contributed by atoms with van der Waals surface area (Å²) < 4.78 is 46.2. The maximum absolute atomic E-state index is 12.5. The first kappa shape index (κ1) is 18.3. The molecule has 2 aromatic rings. The molecule has 0 aliphatic rings. The summed E-state index contributed by atoms with van der Waals surface area (Å²) in [6, 6.07) is 5.12. The van der Waals surface area contributed by atoms with Crippen molar-refractivity contribution in [2.45, 2.75) is 6.36 Å². The van der Waals surface area contributed by atoms with Crippen molar-refractivity contribution in [3.63, 3.8) is 0 Å². The van der Waals surface area contributed by atoms with Crippen molar-refractivity contribution >= 4 is 17.4 Å². The molecule has 0 bridgehead atoms. The average molecular weight is 356 g/mol. The molecule has 0 aliphatic carbocycles. The van der Waals surface area contributed by atoms with Crippen molar-refractivity contribution in [1.82, 2.24) is 9.97 Å². The molecule has 0 spiro atoms. The van der Waals surface area contributed by atoms with Crippen LogP contribution in [0.25, 0.3) is 0 Å². The van der Waals surface area contributed by atoms with Gasteiger partial charge in [-0.15, -0.1) is 13.2 Å². The number of ether oxygens (including phenoxy) is 2. The van der Waals surface area contributed by atoms with Crippen molar-refractivity contribution in [1.29, 1.82) is 0 Å². The van der Waals surface area contributed by atoms with Crippen molar-refractivity contribution < 1.29 is 27.4 Å². The van der Waals surface area contributed by atoms with Gasteiger partial charge in [-0.05, 0) is 12.1 Å². The highest BCUT2D eigenvalue weighted by Crippen LogP contribution is 2.28. The monoisotopic (exact) mass is 356 g/mol. The quantitative estimate of drug-likeness (QED) is 0.888. The lowest BCUT2D eigenvalue weighted by Crippen LogP contribution is -2.22. The Morgan fingerprint density at radius 3 is 2.52 bits per heavy atom. The molecule has 1 aromatic carbocycles. The fourth-order valence-corrected chi connectivity index (χ4v) is 1.94. The predicted molar refractivity (Wildman–Crippen MR) is 84.0 cm³/mol. The first-order chi connectivity index (χ1) is 11.7. The maximum Gasteiger partial charge on any atom is 0.573 e.